The van der Waals surface area contributed by atoms with Crippen LogP contribution in [0.3, 0.4) is 0 Å². The molecule has 0 bridgehead atoms. The Kier molecular flexibility index (Phi) is 6.73. The highest BCUT2D eigenvalue weighted by Gasteiger charge is 2.21. The van der Waals surface area contributed by atoms with E-state index < -0.39 is 16.8 Å². The number of carbonyl (C=O) groups is 2. The molecule has 0 unspecified atom stereocenters. The number of nitrogens with zero attached hydrogens (tertiary/aromatic N) is 2. The number of nitrogens with one attached hydrogen (secondary N) is 1. The first-order chi connectivity index (χ1) is 15.4. The van der Waals surface area contributed by atoms with E-state index in [4.69, 9.17) is 4.74 Å². The van der Waals surface area contributed by atoms with Gasteiger partial charge in [-0.3, -0.25) is 14.9 Å². The molecular formula is C24H17N3O5. The lowest BCUT2D eigenvalue weighted by Crippen LogP contribution is -2.13. The number of ether oxygens (including phenoxy) is 1. The SMILES string of the molecule is Cc1ccc(NC(=O)/C(C#N)=C\c2ccc(OC(=O)c3ccccc3[N+](=O)[O-])cc2)cc1. The lowest BCUT2D eigenvalue weighted by molar-refractivity contribution is -0.385. The number of nitro benzene ring substituents is 1. The standard InChI is InChI=1S/C24H17N3O5/c1-16-6-10-19(11-7-16)26-23(28)18(15-25)14-17-8-12-20(13-9-17)32-24(29)21-4-2-3-5-22(21)27(30)31/h2-14H,1H3,(H,26,28)/b18-14-. The quantitative estimate of drug-likeness (QED) is 0.152. The zero-order valence-corrected chi connectivity index (χ0v) is 16.9. The number of carbonyl (C=O) groups excluding carboxylic acids is 2. The highest BCUT2D eigenvalue weighted by Crippen LogP contribution is 2.21. The largest absolute Gasteiger partial charge is 0.423 e. The van der Waals surface area contributed by atoms with E-state index in [1.165, 1.54) is 42.5 Å². The van der Waals surface area contributed by atoms with E-state index in [1.54, 1.807) is 24.3 Å². The molecule has 8 nitrogen and oxygen atoms in total. The van der Waals surface area contributed by atoms with Gasteiger partial charge in [-0.25, -0.2) is 4.79 Å². The van der Waals surface area contributed by atoms with Crippen LogP contribution in [-0.4, -0.2) is 16.8 Å². The van der Waals surface area contributed by atoms with Crippen molar-refractivity contribution in [2.75, 3.05) is 5.32 Å². The highest BCUT2D eigenvalue weighted by atomic mass is 16.6. The van der Waals surface area contributed by atoms with Crippen LogP contribution in [0.1, 0.15) is 21.5 Å². The van der Waals surface area contributed by atoms with Crippen molar-refractivity contribution in [3.63, 3.8) is 0 Å². The molecule has 1 N–H and O–H groups in total. The molecule has 0 aliphatic carbocycles. The molecule has 0 aliphatic rings. The van der Waals surface area contributed by atoms with Crippen LogP contribution in [0.2, 0.25) is 0 Å². The fraction of sp³-hybridized carbons (Fsp3) is 0.0417. The van der Waals surface area contributed by atoms with Crippen LogP contribution in [0.25, 0.3) is 6.08 Å². The van der Waals surface area contributed by atoms with Gasteiger partial charge in [0.05, 0.1) is 4.92 Å². The number of anilines is 1. The summed E-state index contributed by atoms with van der Waals surface area (Å²) in [5.41, 5.74) is 1.53. The van der Waals surface area contributed by atoms with Crippen LogP contribution in [0.5, 0.6) is 5.75 Å². The van der Waals surface area contributed by atoms with Crippen LogP contribution in [0, 0.1) is 28.4 Å². The fourth-order valence-electron chi connectivity index (χ4n) is 2.75. The number of rotatable bonds is 6. The second-order valence-corrected chi connectivity index (χ2v) is 6.72. The van der Waals surface area contributed by atoms with Gasteiger partial charge in [0.15, 0.2) is 0 Å². The van der Waals surface area contributed by atoms with Gasteiger partial charge in [0.2, 0.25) is 0 Å². The number of benzene rings is 3. The summed E-state index contributed by atoms with van der Waals surface area (Å²) in [5, 5.41) is 23.1. The molecule has 0 fully saturated rings. The summed E-state index contributed by atoms with van der Waals surface area (Å²) in [6.07, 6.45) is 1.40. The maximum Gasteiger partial charge on any atom is 0.350 e. The van der Waals surface area contributed by atoms with Crippen molar-refractivity contribution < 1.29 is 19.2 Å². The summed E-state index contributed by atoms with van der Waals surface area (Å²) in [7, 11) is 0. The van der Waals surface area contributed by atoms with Gasteiger partial charge in [-0.15, -0.1) is 0 Å². The van der Waals surface area contributed by atoms with E-state index in [-0.39, 0.29) is 22.6 Å². The monoisotopic (exact) mass is 427 g/mol. The smallest absolute Gasteiger partial charge is 0.350 e. The van der Waals surface area contributed by atoms with Gasteiger partial charge in [-0.05, 0) is 48.9 Å². The molecule has 3 rings (SSSR count). The zero-order chi connectivity index (χ0) is 23.1. The average molecular weight is 427 g/mol. The molecule has 0 spiro atoms. The Morgan fingerprint density at radius 1 is 1.03 bits per heavy atom. The van der Waals surface area contributed by atoms with Crippen LogP contribution < -0.4 is 10.1 Å². The molecule has 0 aliphatic heterocycles. The fourth-order valence-corrected chi connectivity index (χ4v) is 2.75. The second kappa shape index (κ2) is 9.82. The summed E-state index contributed by atoms with van der Waals surface area (Å²) in [6, 6.07) is 20.6. The molecule has 0 saturated heterocycles. The van der Waals surface area contributed by atoms with Gasteiger partial charge in [-0.1, -0.05) is 42.0 Å². The average Bonchev–Trinajstić information content (AvgIpc) is 2.79. The highest BCUT2D eigenvalue weighted by molar-refractivity contribution is 6.09. The second-order valence-electron chi connectivity index (χ2n) is 6.72. The zero-order valence-electron chi connectivity index (χ0n) is 16.9. The maximum atomic E-state index is 12.4. The number of esters is 1. The maximum absolute atomic E-state index is 12.4. The van der Waals surface area contributed by atoms with Crippen molar-refractivity contribution in [3.05, 3.63) is 105 Å². The van der Waals surface area contributed by atoms with Gasteiger partial charge in [0, 0.05) is 11.8 Å². The molecule has 32 heavy (non-hydrogen) atoms. The molecule has 0 atom stereocenters. The molecule has 0 radical (unpaired) electrons. The minimum atomic E-state index is -0.865. The molecule has 0 saturated carbocycles. The molecule has 0 aromatic heterocycles. The Labute approximate surface area is 183 Å². The Morgan fingerprint density at radius 3 is 2.31 bits per heavy atom. The summed E-state index contributed by atoms with van der Waals surface area (Å²) in [5.74, 6) is -1.26. The van der Waals surface area contributed by atoms with E-state index in [9.17, 15) is 25.0 Å². The van der Waals surface area contributed by atoms with Crippen LogP contribution >= 0.6 is 0 Å². The number of para-hydroxylation sites is 1. The Bertz CT molecular complexity index is 1240. The number of nitro groups is 1. The summed E-state index contributed by atoms with van der Waals surface area (Å²) >= 11 is 0. The minimum absolute atomic E-state index is 0.102. The third-order valence-electron chi connectivity index (χ3n) is 4.40. The number of hydrogen-bond acceptors (Lipinski definition) is 6. The van der Waals surface area contributed by atoms with Crippen molar-refractivity contribution in [1.82, 2.24) is 0 Å². The van der Waals surface area contributed by atoms with Crippen molar-refractivity contribution in [2.45, 2.75) is 6.92 Å². The number of aryl methyl sites for hydroxylation is 1. The van der Waals surface area contributed by atoms with Crippen molar-refractivity contribution in [3.8, 4) is 11.8 Å². The molecule has 158 valence electrons. The molecule has 3 aromatic carbocycles. The van der Waals surface area contributed by atoms with Crippen molar-refractivity contribution in [1.29, 1.82) is 5.26 Å². The summed E-state index contributed by atoms with van der Waals surface area (Å²) < 4.78 is 5.21. The van der Waals surface area contributed by atoms with E-state index in [0.717, 1.165) is 5.56 Å². The predicted octanol–water partition coefficient (Wildman–Crippen LogP) is 4.67. The number of nitriles is 1. The molecule has 1 amide bonds. The first kappa shape index (κ1) is 21.9. The van der Waals surface area contributed by atoms with Crippen molar-refractivity contribution >= 4 is 29.3 Å². The molecule has 0 heterocycles. The van der Waals surface area contributed by atoms with Gasteiger partial charge < -0.3 is 10.1 Å². The molecule has 3 aromatic rings. The van der Waals surface area contributed by atoms with Gasteiger partial charge in [0.25, 0.3) is 11.6 Å². The summed E-state index contributed by atoms with van der Waals surface area (Å²) in [4.78, 5) is 35.1. The Hall–Kier alpha value is -4.77. The first-order valence-corrected chi connectivity index (χ1v) is 9.43. The first-order valence-electron chi connectivity index (χ1n) is 9.43. The van der Waals surface area contributed by atoms with Gasteiger partial charge in [-0.2, -0.15) is 5.26 Å². The molecular weight excluding hydrogens is 410 g/mol. The van der Waals surface area contributed by atoms with E-state index in [2.05, 4.69) is 5.32 Å². The lowest BCUT2D eigenvalue weighted by Gasteiger charge is -2.06. The number of amides is 1. The number of hydrogen-bond donors (Lipinski definition) is 1. The lowest BCUT2D eigenvalue weighted by atomic mass is 10.1. The Balaban J connectivity index is 1.71. The van der Waals surface area contributed by atoms with Crippen LogP contribution in [0.15, 0.2) is 78.4 Å². The third kappa shape index (κ3) is 5.43. The predicted molar refractivity (Wildman–Crippen MR) is 118 cm³/mol. The van der Waals surface area contributed by atoms with E-state index in [0.29, 0.717) is 11.3 Å². The van der Waals surface area contributed by atoms with Crippen LogP contribution in [0.4, 0.5) is 11.4 Å². The van der Waals surface area contributed by atoms with Crippen molar-refractivity contribution in [2.24, 2.45) is 0 Å². The third-order valence-corrected chi connectivity index (χ3v) is 4.40. The normalized spacial score (nSPS) is 10.7. The van der Waals surface area contributed by atoms with Crippen LogP contribution in [-0.2, 0) is 4.79 Å². The Morgan fingerprint density at radius 2 is 1.69 bits per heavy atom. The topological polar surface area (TPSA) is 122 Å². The molecule has 8 heteroatoms. The van der Waals surface area contributed by atoms with Gasteiger partial charge >= 0.3 is 5.97 Å². The minimum Gasteiger partial charge on any atom is -0.423 e. The van der Waals surface area contributed by atoms with E-state index >= 15 is 0 Å². The van der Waals surface area contributed by atoms with Gasteiger partial charge in [0.1, 0.15) is 23.0 Å². The van der Waals surface area contributed by atoms with E-state index in [1.807, 2.05) is 25.1 Å². The summed E-state index contributed by atoms with van der Waals surface area (Å²) in [6.45, 7) is 1.92.